The van der Waals surface area contributed by atoms with Gasteiger partial charge in [0.25, 0.3) is 0 Å². The first-order valence-electron chi connectivity index (χ1n) is 5.80. The fraction of sp³-hybridized carbons (Fsp3) is 0.429. The molecule has 1 heterocycles. The summed E-state index contributed by atoms with van der Waals surface area (Å²) >= 11 is 0. The summed E-state index contributed by atoms with van der Waals surface area (Å²) in [5.41, 5.74) is 0.491. The molecule has 1 aliphatic heterocycles. The maximum atomic E-state index is 2.46. The van der Waals surface area contributed by atoms with Gasteiger partial charge in [-0.1, -0.05) is 44.0 Å². The van der Waals surface area contributed by atoms with Crippen molar-refractivity contribution >= 4 is 19.7 Å². The Hall–Kier alpha value is -0.610. The van der Waals surface area contributed by atoms with Crippen molar-refractivity contribution in [1.82, 2.24) is 0 Å². The Morgan fingerprint density at radius 3 is 2.67 bits per heavy atom. The van der Waals surface area contributed by atoms with E-state index >= 15 is 0 Å². The van der Waals surface area contributed by atoms with Gasteiger partial charge in [0.1, 0.15) is 0 Å². The molecule has 3 rings (SSSR count). The Kier molecular flexibility index (Phi) is 2.21. The fourth-order valence-corrected chi connectivity index (χ4v) is 4.27. The van der Waals surface area contributed by atoms with Crippen LogP contribution in [0.4, 0.5) is 0 Å². The molecule has 0 amide bonds. The predicted octanol–water partition coefficient (Wildman–Crippen LogP) is 3.07. The number of fused-ring (bicyclic) bond motifs is 1. The third kappa shape index (κ3) is 1.47. The summed E-state index contributed by atoms with van der Waals surface area (Å²) in [6.07, 6.45) is 5.60. The van der Waals surface area contributed by atoms with Crippen LogP contribution in [0.2, 0.25) is 0 Å². The van der Waals surface area contributed by atoms with Crippen molar-refractivity contribution < 1.29 is 0 Å². The Morgan fingerprint density at radius 1 is 1.13 bits per heavy atom. The van der Waals surface area contributed by atoms with Gasteiger partial charge in [0.2, 0.25) is 0 Å². The lowest BCUT2D eigenvalue weighted by Gasteiger charge is -2.25. The molecule has 0 nitrogen and oxygen atoms in total. The van der Waals surface area contributed by atoms with Crippen molar-refractivity contribution in [3.63, 3.8) is 0 Å². The molecule has 15 heavy (non-hydrogen) atoms. The van der Waals surface area contributed by atoms with E-state index in [2.05, 4.69) is 37.0 Å². The number of hydrogen-bond donors (Lipinski definition) is 0. The van der Waals surface area contributed by atoms with Crippen LogP contribution in [-0.2, 0) is 0 Å². The van der Waals surface area contributed by atoms with E-state index in [1.807, 2.05) is 0 Å². The van der Waals surface area contributed by atoms with Gasteiger partial charge in [0, 0.05) is 0 Å². The molecule has 0 N–H and O–H groups in total. The SMILES string of the molecule is CC1(C2=c3ccccc3=C[P]2)CCCC1. The minimum absolute atomic E-state index is 0.491. The minimum atomic E-state index is 0.491. The zero-order valence-electron chi connectivity index (χ0n) is 9.16. The van der Waals surface area contributed by atoms with Crippen molar-refractivity contribution in [3.8, 4) is 0 Å². The second kappa shape index (κ2) is 3.46. The molecule has 1 heteroatoms. The molecule has 0 unspecified atom stereocenters. The maximum absolute atomic E-state index is 2.46. The summed E-state index contributed by atoms with van der Waals surface area (Å²) in [4.78, 5) is 0. The standard InChI is InChI=1S/C14H16P/c1-14(8-4-5-9-14)13-12-7-3-2-6-11(12)10-15-13/h2-3,6-7,10H,4-5,8-9H2,1H3. The largest absolute Gasteiger partial charge is 0.0616 e. The molecule has 0 aromatic heterocycles. The van der Waals surface area contributed by atoms with Crippen molar-refractivity contribution in [1.29, 1.82) is 0 Å². The highest BCUT2D eigenvalue weighted by atomic mass is 31.1. The molecule has 1 saturated carbocycles. The van der Waals surface area contributed by atoms with Crippen LogP contribution >= 0.6 is 8.58 Å². The number of hydrogen-bond acceptors (Lipinski definition) is 0. The molecule has 1 aromatic carbocycles. The molecule has 0 saturated heterocycles. The highest BCUT2D eigenvalue weighted by Crippen LogP contribution is 2.52. The summed E-state index contributed by atoms with van der Waals surface area (Å²) in [5, 5.41) is 4.64. The molecular weight excluding hydrogens is 199 g/mol. The highest BCUT2D eigenvalue weighted by Gasteiger charge is 2.33. The fourth-order valence-electron chi connectivity index (χ4n) is 2.90. The predicted molar refractivity (Wildman–Crippen MR) is 67.1 cm³/mol. The van der Waals surface area contributed by atoms with Gasteiger partial charge in [-0.3, -0.25) is 0 Å². The van der Waals surface area contributed by atoms with Gasteiger partial charge in [0.15, 0.2) is 0 Å². The van der Waals surface area contributed by atoms with E-state index in [0.29, 0.717) is 5.41 Å². The van der Waals surface area contributed by atoms with Crippen LogP contribution in [0.25, 0.3) is 11.1 Å². The lowest BCUT2D eigenvalue weighted by molar-refractivity contribution is 0.474. The summed E-state index contributed by atoms with van der Waals surface area (Å²) in [5.74, 6) is 2.37. The second-order valence-electron chi connectivity index (χ2n) is 4.96. The molecule has 1 fully saturated rings. The average molecular weight is 215 g/mol. The molecule has 0 bridgehead atoms. The second-order valence-corrected chi connectivity index (χ2v) is 5.93. The minimum Gasteiger partial charge on any atom is -0.0616 e. The van der Waals surface area contributed by atoms with E-state index in [4.69, 9.17) is 0 Å². The molecule has 77 valence electrons. The van der Waals surface area contributed by atoms with Gasteiger partial charge in [0.05, 0.1) is 0 Å². The molecule has 0 spiro atoms. The van der Waals surface area contributed by atoms with Crippen molar-refractivity contribution in [3.05, 3.63) is 34.7 Å². The quantitative estimate of drug-likeness (QED) is 0.631. The van der Waals surface area contributed by atoms with E-state index < -0.39 is 0 Å². The van der Waals surface area contributed by atoms with Crippen LogP contribution in [0.3, 0.4) is 0 Å². The Balaban J connectivity index is 2.20. The van der Waals surface area contributed by atoms with E-state index in [1.54, 1.807) is 5.31 Å². The average Bonchev–Trinajstić information content (AvgIpc) is 2.84. The molecular formula is C14H16P. The first-order valence-corrected chi connectivity index (χ1v) is 6.77. The van der Waals surface area contributed by atoms with Crippen LogP contribution in [0, 0.1) is 5.41 Å². The van der Waals surface area contributed by atoms with Gasteiger partial charge < -0.3 is 0 Å². The van der Waals surface area contributed by atoms with Crippen LogP contribution in [0.15, 0.2) is 24.3 Å². The Labute approximate surface area is 92.9 Å². The van der Waals surface area contributed by atoms with E-state index in [1.165, 1.54) is 44.7 Å². The van der Waals surface area contributed by atoms with Crippen LogP contribution in [0.5, 0.6) is 0 Å². The molecule has 0 atom stereocenters. The van der Waals surface area contributed by atoms with Crippen molar-refractivity contribution in [2.45, 2.75) is 32.6 Å². The van der Waals surface area contributed by atoms with Crippen molar-refractivity contribution in [2.24, 2.45) is 5.41 Å². The molecule has 1 radical (unpaired) electrons. The van der Waals surface area contributed by atoms with Gasteiger partial charge in [-0.25, -0.2) is 0 Å². The van der Waals surface area contributed by atoms with E-state index in [9.17, 15) is 0 Å². The zero-order valence-corrected chi connectivity index (χ0v) is 10.1. The third-order valence-electron chi connectivity index (χ3n) is 3.83. The lowest BCUT2D eigenvalue weighted by Crippen LogP contribution is -2.26. The summed E-state index contributed by atoms with van der Waals surface area (Å²) < 4.78 is 0. The first kappa shape index (κ1) is 9.60. The van der Waals surface area contributed by atoms with Gasteiger partial charge in [-0.15, -0.1) is 0 Å². The third-order valence-corrected chi connectivity index (χ3v) is 5.27. The lowest BCUT2D eigenvalue weighted by atomic mass is 9.87. The van der Waals surface area contributed by atoms with Crippen LogP contribution < -0.4 is 10.4 Å². The van der Waals surface area contributed by atoms with Gasteiger partial charge in [-0.2, -0.15) is 0 Å². The monoisotopic (exact) mass is 215 g/mol. The van der Waals surface area contributed by atoms with Gasteiger partial charge >= 0.3 is 0 Å². The topological polar surface area (TPSA) is 0 Å². The van der Waals surface area contributed by atoms with Crippen molar-refractivity contribution in [2.75, 3.05) is 0 Å². The molecule has 1 aromatic rings. The number of benzene rings is 1. The summed E-state index contributed by atoms with van der Waals surface area (Å²) in [6.45, 7) is 2.46. The molecule has 2 aliphatic rings. The highest BCUT2D eigenvalue weighted by molar-refractivity contribution is 7.58. The Morgan fingerprint density at radius 2 is 1.87 bits per heavy atom. The number of rotatable bonds is 1. The maximum Gasteiger partial charge on any atom is -0.00582 e. The Bertz CT molecular complexity index is 492. The zero-order chi connectivity index (χ0) is 10.3. The van der Waals surface area contributed by atoms with Crippen LogP contribution in [-0.4, -0.2) is 0 Å². The normalized spacial score (nSPS) is 24.2. The summed E-state index contributed by atoms with van der Waals surface area (Å²) in [6, 6.07) is 8.86. The van der Waals surface area contributed by atoms with Gasteiger partial charge in [-0.05, 0) is 48.4 Å². The van der Waals surface area contributed by atoms with Crippen LogP contribution in [0.1, 0.15) is 32.6 Å². The first-order chi connectivity index (χ1) is 7.30. The smallest absolute Gasteiger partial charge is 0.00582 e. The van der Waals surface area contributed by atoms with E-state index in [0.717, 1.165) is 0 Å². The molecule has 1 aliphatic carbocycles. The summed E-state index contributed by atoms with van der Waals surface area (Å²) in [7, 11) is 1.45. The van der Waals surface area contributed by atoms with E-state index in [-0.39, 0.29) is 0 Å².